The van der Waals surface area contributed by atoms with Crippen LogP contribution in [0.5, 0.6) is 0 Å². The number of anilines is 1. The Morgan fingerprint density at radius 3 is 2.38 bits per heavy atom. The molecule has 2 saturated heterocycles. The standard InChI is InChI=1S/C26H34N4O2/c1-3-20-9-11-23(12-10-20)30-18-22(17-25(30)31)26(32)27-24(21-7-5-4-6-8-21)19-29-15-13-28(2)14-16-29/h4-12,22,24H,3,13-19H2,1-2H3,(H,27,32). The van der Waals surface area contributed by atoms with Crippen molar-refractivity contribution in [2.75, 3.05) is 51.2 Å². The summed E-state index contributed by atoms with van der Waals surface area (Å²) in [6.07, 6.45) is 1.23. The van der Waals surface area contributed by atoms with Crippen molar-refractivity contribution in [3.8, 4) is 0 Å². The minimum absolute atomic E-state index is 0.0183. The van der Waals surface area contributed by atoms with Crippen LogP contribution in [0.4, 0.5) is 5.69 Å². The Balaban J connectivity index is 1.42. The van der Waals surface area contributed by atoms with Crippen molar-refractivity contribution in [2.24, 2.45) is 5.92 Å². The summed E-state index contributed by atoms with van der Waals surface area (Å²) < 4.78 is 0. The van der Waals surface area contributed by atoms with Crippen LogP contribution in [0.2, 0.25) is 0 Å². The highest BCUT2D eigenvalue weighted by Gasteiger charge is 2.36. The molecule has 2 atom stereocenters. The van der Waals surface area contributed by atoms with E-state index in [9.17, 15) is 9.59 Å². The molecular weight excluding hydrogens is 400 g/mol. The number of benzene rings is 2. The molecule has 0 spiro atoms. The van der Waals surface area contributed by atoms with E-state index in [1.54, 1.807) is 4.90 Å². The predicted molar refractivity (Wildman–Crippen MR) is 128 cm³/mol. The second kappa shape index (κ2) is 10.3. The number of nitrogens with one attached hydrogen (secondary N) is 1. The molecule has 1 N–H and O–H groups in total. The van der Waals surface area contributed by atoms with Gasteiger partial charge >= 0.3 is 0 Å². The average molecular weight is 435 g/mol. The lowest BCUT2D eigenvalue weighted by atomic mass is 10.0. The Morgan fingerprint density at radius 2 is 1.72 bits per heavy atom. The third-order valence-electron chi connectivity index (χ3n) is 6.71. The Hall–Kier alpha value is -2.70. The third-order valence-corrected chi connectivity index (χ3v) is 6.71. The van der Waals surface area contributed by atoms with Crippen LogP contribution in [-0.4, -0.2) is 67.9 Å². The van der Waals surface area contributed by atoms with Crippen LogP contribution in [0.15, 0.2) is 54.6 Å². The molecule has 6 heteroatoms. The number of carbonyl (C=O) groups excluding carboxylic acids is 2. The van der Waals surface area contributed by atoms with E-state index in [0.29, 0.717) is 6.54 Å². The van der Waals surface area contributed by atoms with Gasteiger partial charge in [-0.1, -0.05) is 49.4 Å². The van der Waals surface area contributed by atoms with Gasteiger partial charge in [-0.15, -0.1) is 0 Å². The summed E-state index contributed by atoms with van der Waals surface area (Å²) in [5, 5.41) is 3.27. The summed E-state index contributed by atoms with van der Waals surface area (Å²) in [6, 6.07) is 18.2. The van der Waals surface area contributed by atoms with Gasteiger partial charge < -0.3 is 15.1 Å². The molecule has 0 saturated carbocycles. The molecule has 4 rings (SSSR count). The molecule has 2 aliphatic rings. The van der Waals surface area contributed by atoms with Gasteiger partial charge in [-0.05, 0) is 36.7 Å². The Bertz CT molecular complexity index is 907. The van der Waals surface area contributed by atoms with Crippen molar-refractivity contribution in [3.05, 3.63) is 65.7 Å². The normalized spacial score (nSPS) is 21.0. The summed E-state index contributed by atoms with van der Waals surface area (Å²) in [4.78, 5) is 32.4. The average Bonchev–Trinajstić information content (AvgIpc) is 3.22. The number of hydrogen-bond acceptors (Lipinski definition) is 4. The van der Waals surface area contributed by atoms with Crippen molar-refractivity contribution in [1.82, 2.24) is 15.1 Å². The van der Waals surface area contributed by atoms with Crippen molar-refractivity contribution < 1.29 is 9.59 Å². The number of carbonyl (C=O) groups is 2. The quantitative estimate of drug-likeness (QED) is 0.728. The van der Waals surface area contributed by atoms with Gasteiger partial charge in [-0.25, -0.2) is 0 Å². The molecule has 2 aromatic carbocycles. The molecule has 170 valence electrons. The summed E-state index contributed by atoms with van der Waals surface area (Å²) in [6.45, 7) is 7.41. The lowest BCUT2D eigenvalue weighted by Gasteiger charge is -2.35. The Labute approximate surface area is 191 Å². The van der Waals surface area contributed by atoms with E-state index >= 15 is 0 Å². The van der Waals surface area contributed by atoms with E-state index in [0.717, 1.165) is 50.4 Å². The molecule has 0 radical (unpaired) electrons. The van der Waals surface area contributed by atoms with Crippen molar-refractivity contribution in [2.45, 2.75) is 25.8 Å². The predicted octanol–water partition coefficient (Wildman–Crippen LogP) is 2.71. The molecule has 32 heavy (non-hydrogen) atoms. The largest absolute Gasteiger partial charge is 0.348 e. The van der Waals surface area contributed by atoms with E-state index in [1.165, 1.54) is 5.56 Å². The first kappa shape index (κ1) is 22.5. The SMILES string of the molecule is CCc1ccc(N2CC(C(=O)NC(CN3CCN(C)CC3)c3ccccc3)CC2=O)cc1. The highest BCUT2D eigenvalue weighted by Crippen LogP contribution is 2.26. The summed E-state index contributed by atoms with van der Waals surface area (Å²) in [5.41, 5.74) is 3.22. The number of likely N-dealkylation sites (N-methyl/N-ethyl adjacent to an activating group) is 1. The van der Waals surface area contributed by atoms with E-state index < -0.39 is 0 Å². The summed E-state index contributed by atoms with van der Waals surface area (Å²) >= 11 is 0. The van der Waals surface area contributed by atoms with Crippen LogP contribution in [0.25, 0.3) is 0 Å². The maximum Gasteiger partial charge on any atom is 0.227 e. The Kier molecular flexibility index (Phi) is 7.22. The van der Waals surface area contributed by atoms with E-state index in [-0.39, 0.29) is 30.2 Å². The van der Waals surface area contributed by atoms with E-state index in [4.69, 9.17) is 0 Å². The summed E-state index contributed by atoms with van der Waals surface area (Å²) in [7, 11) is 2.15. The van der Waals surface area contributed by atoms with Crippen molar-refractivity contribution >= 4 is 17.5 Å². The van der Waals surface area contributed by atoms with Gasteiger partial charge in [-0.3, -0.25) is 14.5 Å². The van der Waals surface area contributed by atoms with Crippen LogP contribution >= 0.6 is 0 Å². The first-order valence-corrected chi connectivity index (χ1v) is 11.7. The number of piperazine rings is 1. The molecule has 0 aromatic heterocycles. The molecule has 2 aromatic rings. The van der Waals surface area contributed by atoms with Crippen LogP contribution in [0, 0.1) is 5.92 Å². The fourth-order valence-corrected chi connectivity index (χ4v) is 4.54. The van der Waals surface area contributed by atoms with Crippen LogP contribution < -0.4 is 10.2 Å². The molecule has 2 aliphatic heterocycles. The lowest BCUT2D eigenvalue weighted by Crippen LogP contribution is -2.48. The second-order valence-corrected chi connectivity index (χ2v) is 9.00. The molecule has 0 bridgehead atoms. The van der Waals surface area contributed by atoms with Gasteiger partial charge in [0.25, 0.3) is 0 Å². The van der Waals surface area contributed by atoms with Gasteiger partial charge in [0.15, 0.2) is 0 Å². The number of nitrogens with zero attached hydrogens (tertiary/aromatic N) is 3. The molecule has 6 nitrogen and oxygen atoms in total. The first-order chi connectivity index (χ1) is 15.5. The fourth-order valence-electron chi connectivity index (χ4n) is 4.54. The Morgan fingerprint density at radius 1 is 1.03 bits per heavy atom. The zero-order chi connectivity index (χ0) is 22.5. The highest BCUT2D eigenvalue weighted by molar-refractivity contribution is 6.00. The zero-order valence-corrected chi connectivity index (χ0v) is 19.2. The molecular formula is C26H34N4O2. The van der Waals surface area contributed by atoms with Gasteiger partial charge in [-0.2, -0.15) is 0 Å². The van der Waals surface area contributed by atoms with E-state index in [2.05, 4.69) is 53.4 Å². The second-order valence-electron chi connectivity index (χ2n) is 9.00. The fraction of sp³-hybridized carbons (Fsp3) is 0.462. The monoisotopic (exact) mass is 434 g/mol. The number of amides is 2. The molecule has 2 heterocycles. The van der Waals surface area contributed by atoms with Gasteiger partial charge in [0, 0.05) is 51.4 Å². The highest BCUT2D eigenvalue weighted by atomic mass is 16.2. The minimum atomic E-state index is -0.327. The van der Waals surface area contributed by atoms with Crippen molar-refractivity contribution in [3.63, 3.8) is 0 Å². The van der Waals surface area contributed by atoms with E-state index in [1.807, 2.05) is 30.3 Å². The smallest absolute Gasteiger partial charge is 0.227 e. The zero-order valence-electron chi connectivity index (χ0n) is 19.2. The third kappa shape index (κ3) is 5.37. The first-order valence-electron chi connectivity index (χ1n) is 11.7. The van der Waals surface area contributed by atoms with Crippen LogP contribution in [0.1, 0.15) is 30.5 Å². The maximum atomic E-state index is 13.2. The van der Waals surface area contributed by atoms with Gasteiger partial charge in [0.1, 0.15) is 0 Å². The molecule has 2 unspecified atom stereocenters. The minimum Gasteiger partial charge on any atom is -0.348 e. The molecule has 2 amide bonds. The maximum absolute atomic E-state index is 13.2. The lowest BCUT2D eigenvalue weighted by molar-refractivity contribution is -0.127. The number of aryl methyl sites for hydroxylation is 1. The van der Waals surface area contributed by atoms with Gasteiger partial charge in [0.2, 0.25) is 11.8 Å². The van der Waals surface area contributed by atoms with Crippen LogP contribution in [-0.2, 0) is 16.0 Å². The number of hydrogen-bond donors (Lipinski definition) is 1. The molecule has 2 fully saturated rings. The van der Waals surface area contributed by atoms with Gasteiger partial charge in [0.05, 0.1) is 12.0 Å². The van der Waals surface area contributed by atoms with Crippen LogP contribution in [0.3, 0.4) is 0 Å². The molecule has 0 aliphatic carbocycles. The topological polar surface area (TPSA) is 55.9 Å². The summed E-state index contributed by atoms with van der Waals surface area (Å²) in [5.74, 6) is -0.342. The number of rotatable bonds is 7. The van der Waals surface area contributed by atoms with Crippen molar-refractivity contribution in [1.29, 1.82) is 0 Å².